The monoisotopic (exact) mass is 350 g/mol. The SMILES string of the molecule is CCN(C(=O)C1(C(=O)NCc2ccc(C)cc2)CC1)c1cccc(C)c1. The number of nitrogens with zero attached hydrogens (tertiary/aromatic N) is 1. The van der Waals surface area contributed by atoms with E-state index in [0.717, 1.165) is 16.8 Å². The number of hydrogen-bond donors (Lipinski definition) is 1. The number of nitrogens with one attached hydrogen (secondary N) is 1. The van der Waals surface area contributed by atoms with Crippen molar-refractivity contribution in [2.24, 2.45) is 5.41 Å². The van der Waals surface area contributed by atoms with Gasteiger partial charge in [0.2, 0.25) is 11.8 Å². The number of amides is 2. The molecule has 1 aliphatic carbocycles. The number of rotatable bonds is 6. The second-order valence-corrected chi connectivity index (χ2v) is 7.14. The van der Waals surface area contributed by atoms with E-state index in [-0.39, 0.29) is 11.8 Å². The maximum absolute atomic E-state index is 13.1. The van der Waals surface area contributed by atoms with E-state index in [1.165, 1.54) is 5.56 Å². The van der Waals surface area contributed by atoms with Crippen LogP contribution in [0.5, 0.6) is 0 Å². The topological polar surface area (TPSA) is 49.4 Å². The molecule has 1 saturated carbocycles. The van der Waals surface area contributed by atoms with Crippen molar-refractivity contribution in [1.82, 2.24) is 5.32 Å². The molecule has 0 spiro atoms. The van der Waals surface area contributed by atoms with Gasteiger partial charge in [0.1, 0.15) is 5.41 Å². The summed E-state index contributed by atoms with van der Waals surface area (Å²) in [5.74, 6) is -0.249. The van der Waals surface area contributed by atoms with E-state index in [1.54, 1.807) is 4.90 Å². The molecule has 26 heavy (non-hydrogen) atoms. The minimum Gasteiger partial charge on any atom is -0.351 e. The number of aryl methyl sites for hydroxylation is 2. The minimum atomic E-state index is -0.898. The Kier molecular flexibility index (Phi) is 5.12. The quantitative estimate of drug-likeness (QED) is 0.807. The van der Waals surface area contributed by atoms with Gasteiger partial charge >= 0.3 is 0 Å². The largest absolute Gasteiger partial charge is 0.351 e. The van der Waals surface area contributed by atoms with Gasteiger partial charge in [-0.25, -0.2) is 0 Å². The van der Waals surface area contributed by atoms with E-state index in [9.17, 15) is 9.59 Å². The maximum Gasteiger partial charge on any atom is 0.242 e. The highest BCUT2D eigenvalue weighted by Crippen LogP contribution is 2.48. The molecule has 2 aromatic rings. The maximum atomic E-state index is 13.1. The van der Waals surface area contributed by atoms with Crippen LogP contribution in [0.25, 0.3) is 0 Å². The molecule has 2 amide bonds. The lowest BCUT2D eigenvalue weighted by Gasteiger charge is -2.26. The number of carbonyl (C=O) groups is 2. The Labute approximate surface area is 155 Å². The van der Waals surface area contributed by atoms with Gasteiger partial charge in [0.05, 0.1) is 0 Å². The van der Waals surface area contributed by atoms with Gasteiger partial charge in [-0.15, -0.1) is 0 Å². The van der Waals surface area contributed by atoms with Crippen LogP contribution >= 0.6 is 0 Å². The summed E-state index contributed by atoms with van der Waals surface area (Å²) in [6.45, 7) is 6.98. The van der Waals surface area contributed by atoms with Crippen LogP contribution in [0.1, 0.15) is 36.5 Å². The van der Waals surface area contributed by atoms with Crippen molar-refractivity contribution < 1.29 is 9.59 Å². The van der Waals surface area contributed by atoms with Crippen LogP contribution in [0.2, 0.25) is 0 Å². The van der Waals surface area contributed by atoms with Gasteiger partial charge in [-0.05, 0) is 56.9 Å². The zero-order valence-electron chi connectivity index (χ0n) is 15.7. The number of carbonyl (C=O) groups excluding carboxylic acids is 2. The predicted molar refractivity (Wildman–Crippen MR) is 104 cm³/mol. The van der Waals surface area contributed by atoms with Crippen molar-refractivity contribution in [2.75, 3.05) is 11.4 Å². The van der Waals surface area contributed by atoms with Crippen molar-refractivity contribution >= 4 is 17.5 Å². The Hall–Kier alpha value is -2.62. The molecule has 0 saturated heterocycles. The van der Waals surface area contributed by atoms with Crippen LogP contribution in [0.4, 0.5) is 5.69 Å². The third-order valence-electron chi connectivity index (χ3n) is 5.04. The van der Waals surface area contributed by atoms with Gasteiger partial charge in [-0.3, -0.25) is 9.59 Å². The lowest BCUT2D eigenvalue weighted by atomic mass is 10.0. The standard InChI is InChI=1S/C22H26N2O2/c1-4-24(19-7-5-6-17(3)14-19)21(26)22(12-13-22)20(25)23-15-18-10-8-16(2)9-11-18/h5-11,14H,4,12-13,15H2,1-3H3,(H,23,25). The normalized spacial score (nSPS) is 14.6. The van der Waals surface area contributed by atoms with E-state index in [0.29, 0.717) is 25.9 Å². The molecule has 1 N–H and O–H groups in total. The summed E-state index contributed by atoms with van der Waals surface area (Å²) in [5.41, 5.74) is 3.28. The zero-order chi connectivity index (χ0) is 18.7. The second-order valence-electron chi connectivity index (χ2n) is 7.14. The first-order chi connectivity index (χ1) is 12.5. The van der Waals surface area contributed by atoms with E-state index in [1.807, 2.05) is 69.3 Å². The Balaban J connectivity index is 1.71. The van der Waals surface area contributed by atoms with Crippen LogP contribution in [0, 0.1) is 19.3 Å². The third kappa shape index (κ3) is 3.64. The van der Waals surface area contributed by atoms with Crippen LogP contribution in [0.15, 0.2) is 48.5 Å². The summed E-state index contributed by atoms with van der Waals surface area (Å²) in [5, 5.41) is 2.96. The molecular weight excluding hydrogens is 324 g/mol. The summed E-state index contributed by atoms with van der Waals surface area (Å²) in [6.07, 6.45) is 1.24. The van der Waals surface area contributed by atoms with E-state index in [2.05, 4.69) is 5.32 Å². The van der Waals surface area contributed by atoms with Crippen molar-refractivity contribution in [3.05, 3.63) is 65.2 Å². The first kappa shape index (κ1) is 18.2. The van der Waals surface area contributed by atoms with Crippen molar-refractivity contribution in [3.63, 3.8) is 0 Å². The molecule has 3 rings (SSSR count). The van der Waals surface area contributed by atoms with Crippen LogP contribution < -0.4 is 10.2 Å². The Morgan fingerprint density at radius 3 is 2.31 bits per heavy atom. The molecule has 0 heterocycles. The fourth-order valence-electron chi connectivity index (χ4n) is 3.22. The summed E-state index contributed by atoms with van der Waals surface area (Å²) in [7, 11) is 0. The number of benzene rings is 2. The van der Waals surface area contributed by atoms with Crippen molar-refractivity contribution in [1.29, 1.82) is 0 Å². The molecule has 136 valence electrons. The second kappa shape index (κ2) is 7.32. The van der Waals surface area contributed by atoms with Crippen LogP contribution in [0.3, 0.4) is 0 Å². The molecule has 4 nitrogen and oxygen atoms in total. The van der Waals surface area contributed by atoms with Crippen LogP contribution in [-0.4, -0.2) is 18.4 Å². The zero-order valence-corrected chi connectivity index (χ0v) is 15.7. The van der Waals surface area contributed by atoms with Gasteiger partial charge in [-0.1, -0.05) is 42.0 Å². The highest BCUT2D eigenvalue weighted by atomic mass is 16.2. The molecule has 4 heteroatoms. The minimum absolute atomic E-state index is 0.0907. The first-order valence-corrected chi connectivity index (χ1v) is 9.19. The smallest absolute Gasteiger partial charge is 0.242 e. The van der Waals surface area contributed by atoms with Gasteiger partial charge in [-0.2, -0.15) is 0 Å². The number of hydrogen-bond acceptors (Lipinski definition) is 2. The Bertz CT molecular complexity index is 807. The Morgan fingerprint density at radius 2 is 1.73 bits per heavy atom. The van der Waals surface area contributed by atoms with Gasteiger partial charge in [0.15, 0.2) is 0 Å². The van der Waals surface area contributed by atoms with E-state index < -0.39 is 5.41 Å². The molecule has 0 radical (unpaired) electrons. The lowest BCUT2D eigenvalue weighted by Crippen LogP contribution is -2.45. The summed E-state index contributed by atoms with van der Waals surface area (Å²) in [4.78, 5) is 27.6. The summed E-state index contributed by atoms with van der Waals surface area (Å²) >= 11 is 0. The van der Waals surface area contributed by atoms with E-state index >= 15 is 0 Å². The summed E-state index contributed by atoms with van der Waals surface area (Å²) < 4.78 is 0. The third-order valence-corrected chi connectivity index (χ3v) is 5.04. The fraction of sp³-hybridized carbons (Fsp3) is 0.364. The van der Waals surface area contributed by atoms with Gasteiger partial charge in [0, 0.05) is 18.8 Å². The molecular formula is C22H26N2O2. The first-order valence-electron chi connectivity index (χ1n) is 9.19. The van der Waals surface area contributed by atoms with Crippen LogP contribution in [-0.2, 0) is 16.1 Å². The number of anilines is 1. The molecule has 0 aliphatic heterocycles. The van der Waals surface area contributed by atoms with Crippen molar-refractivity contribution in [3.8, 4) is 0 Å². The molecule has 1 aliphatic rings. The molecule has 1 fully saturated rings. The highest BCUT2D eigenvalue weighted by molar-refractivity contribution is 6.14. The van der Waals surface area contributed by atoms with E-state index in [4.69, 9.17) is 0 Å². The predicted octanol–water partition coefficient (Wildman–Crippen LogP) is 3.75. The molecule has 0 bridgehead atoms. The molecule has 2 aromatic carbocycles. The lowest BCUT2D eigenvalue weighted by molar-refractivity contribution is -0.135. The molecule has 0 unspecified atom stereocenters. The summed E-state index contributed by atoms with van der Waals surface area (Å²) in [6, 6.07) is 15.9. The van der Waals surface area contributed by atoms with Gasteiger partial charge in [0.25, 0.3) is 0 Å². The van der Waals surface area contributed by atoms with Crippen molar-refractivity contribution in [2.45, 2.75) is 40.2 Å². The highest BCUT2D eigenvalue weighted by Gasteiger charge is 2.57. The fourth-order valence-corrected chi connectivity index (χ4v) is 3.22. The average Bonchev–Trinajstić information content (AvgIpc) is 3.43. The van der Waals surface area contributed by atoms with Gasteiger partial charge < -0.3 is 10.2 Å². The Morgan fingerprint density at radius 1 is 1.04 bits per heavy atom. The average molecular weight is 350 g/mol. The molecule has 0 aromatic heterocycles. The molecule has 0 atom stereocenters.